The maximum Gasteiger partial charge on any atom is 0.337 e. The van der Waals surface area contributed by atoms with Crippen LogP contribution in [0.3, 0.4) is 0 Å². The Labute approximate surface area is 68.6 Å². The van der Waals surface area contributed by atoms with Crippen molar-refractivity contribution in [2.75, 3.05) is 5.73 Å². The molecule has 0 heterocycles. The van der Waals surface area contributed by atoms with Crippen LogP contribution in [0.1, 0.15) is 20.7 Å². The van der Waals surface area contributed by atoms with Crippen molar-refractivity contribution >= 4 is 17.9 Å². The number of aromatic carboxylic acids is 1. The van der Waals surface area contributed by atoms with E-state index in [1.165, 1.54) is 18.2 Å². The number of hydrogen-bond donors (Lipinski definition) is 2. The van der Waals surface area contributed by atoms with Gasteiger partial charge in [-0.15, -0.1) is 0 Å². The lowest BCUT2D eigenvalue weighted by molar-refractivity contribution is 0.0697. The van der Waals surface area contributed by atoms with Crippen LogP contribution in [0.4, 0.5) is 5.69 Å². The summed E-state index contributed by atoms with van der Waals surface area (Å²) < 4.78 is 0. The number of carbonyl (C=O) groups excluding carboxylic acids is 1. The molecule has 0 aliphatic rings. The van der Waals surface area contributed by atoms with E-state index in [2.05, 4.69) is 0 Å². The van der Waals surface area contributed by atoms with Crippen LogP contribution in [0.2, 0.25) is 0 Å². The van der Waals surface area contributed by atoms with Gasteiger partial charge in [0, 0.05) is 11.3 Å². The zero-order chi connectivity index (χ0) is 9.14. The van der Waals surface area contributed by atoms with Crippen molar-refractivity contribution in [3.05, 3.63) is 29.3 Å². The van der Waals surface area contributed by atoms with Crippen molar-refractivity contribution in [1.29, 1.82) is 0 Å². The number of carboxylic acids is 1. The molecule has 1 aromatic carbocycles. The van der Waals surface area contributed by atoms with E-state index in [0.29, 0.717) is 11.8 Å². The molecule has 4 nitrogen and oxygen atoms in total. The van der Waals surface area contributed by atoms with Crippen LogP contribution in [0.15, 0.2) is 18.2 Å². The second kappa shape index (κ2) is 3.04. The van der Waals surface area contributed by atoms with Crippen molar-refractivity contribution < 1.29 is 14.7 Å². The predicted octanol–water partition coefficient (Wildman–Crippen LogP) is 0.780. The number of nitrogen functional groups attached to an aromatic ring is 1. The van der Waals surface area contributed by atoms with Crippen LogP contribution < -0.4 is 5.73 Å². The number of carboxylic acid groups (broad SMARTS) is 1. The summed E-state index contributed by atoms with van der Waals surface area (Å²) in [6.07, 6.45) is 0.613. The van der Waals surface area contributed by atoms with Gasteiger partial charge in [0.25, 0.3) is 0 Å². The average Bonchev–Trinajstić information content (AvgIpc) is 2.03. The topological polar surface area (TPSA) is 80.4 Å². The predicted molar refractivity (Wildman–Crippen MR) is 43.2 cm³/mol. The molecule has 0 atom stereocenters. The van der Waals surface area contributed by atoms with E-state index in [-0.39, 0.29) is 11.3 Å². The molecule has 0 aromatic heterocycles. The molecule has 62 valence electrons. The van der Waals surface area contributed by atoms with Crippen molar-refractivity contribution in [2.24, 2.45) is 0 Å². The summed E-state index contributed by atoms with van der Waals surface area (Å²) in [5, 5.41) is 8.56. The van der Waals surface area contributed by atoms with Gasteiger partial charge in [-0.3, -0.25) is 4.79 Å². The van der Waals surface area contributed by atoms with Crippen LogP contribution in [-0.2, 0) is 0 Å². The first-order valence-electron chi connectivity index (χ1n) is 3.23. The number of hydrogen-bond acceptors (Lipinski definition) is 3. The highest BCUT2D eigenvalue weighted by atomic mass is 16.4. The second-order valence-corrected chi connectivity index (χ2v) is 2.27. The Hall–Kier alpha value is -1.84. The number of rotatable bonds is 2. The molecular formula is C8H7NO3. The molecule has 0 aliphatic heterocycles. The van der Waals surface area contributed by atoms with Crippen molar-refractivity contribution in [1.82, 2.24) is 0 Å². The Morgan fingerprint density at radius 1 is 1.50 bits per heavy atom. The molecule has 0 unspecified atom stereocenters. The van der Waals surface area contributed by atoms with Crippen LogP contribution in [0.25, 0.3) is 0 Å². The Balaban J connectivity index is 3.20. The van der Waals surface area contributed by atoms with Crippen molar-refractivity contribution in [3.63, 3.8) is 0 Å². The standard InChI is InChI=1S/C8H7NO3/c9-7-3-5(4-10)1-2-6(7)8(11)12/h1-4H,9H2,(H,11,12). The van der Waals surface area contributed by atoms with Crippen molar-refractivity contribution in [2.45, 2.75) is 0 Å². The minimum atomic E-state index is -1.09. The third-order valence-corrected chi connectivity index (χ3v) is 1.44. The van der Waals surface area contributed by atoms with E-state index in [9.17, 15) is 9.59 Å². The lowest BCUT2D eigenvalue weighted by Crippen LogP contribution is -2.02. The Kier molecular flexibility index (Phi) is 2.09. The minimum Gasteiger partial charge on any atom is -0.478 e. The number of aldehydes is 1. The first-order valence-corrected chi connectivity index (χ1v) is 3.23. The molecule has 12 heavy (non-hydrogen) atoms. The molecule has 1 aromatic rings. The van der Waals surface area contributed by atoms with Crippen LogP contribution in [0, 0.1) is 0 Å². The summed E-state index contributed by atoms with van der Waals surface area (Å²) in [5.41, 5.74) is 5.85. The average molecular weight is 165 g/mol. The molecule has 0 saturated heterocycles. The van der Waals surface area contributed by atoms with Gasteiger partial charge in [0.2, 0.25) is 0 Å². The van der Waals surface area contributed by atoms with E-state index in [1.807, 2.05) is 0 Å². The molecule has 0 amide bonds. The van der Waals surface area contributed by atoms with Gasteiger partial charge in [-0.1, -0.05) is 6.07 Å². The van der Waals surface area contributed by atoms with Gasteiger partial charge < -0.3 is 10.8 Å². The third kappa shape index (κ3) is 1.42. The van der Waals surface area contributed by atoms with Crippen LogP contribution in [0.5, 0.6) is 0 Å². The molecule has 0 spiro atoms. The second-order valence-electron chi connectivity index (χ2n) is 2.27. The SMILES string of the molecule is Nc1cc(C=O)ccc1C(=O)O. The smallest absolute Gasteiger partial charge is 0.337 e. The van der Waals surface area contributed by atoms with E-state index in [4.69, 9.17) is 10.8 Å². The fourth-order valence-corrected chi connectivity index (χ4v) is 0.849. The zero-order valence-electron chi connectivity index (χ0n) is 6.15. The fraction of sp³-hybridized carbons (Fsp3) is 0. The Morgan fingerprint density at radius 3 is 2.58 bits per heavy atom. The molecule has 0 radical (unpaired) electrons. The number of nitrogens with two attached hydrogens (primary N) is 1. The number of benzene rings is 1. The van der Waals surface area contributed by atoms with Gasteiger partial charge in [-0.2, -0.15) is 0 Å². The summed E-state index contributed by atoms with van der Waals surface area (Å²) >= 11 is 0. The summed E-state index contributed by atoms with van der Waals surface area (Å²) in [7, 11) is 0. The van der Waals surface area contributed by atoms with Crippen LogP contribution >= 0.6 is 0 Å². The van der Waals surface area contributed by atoms with Gasteiger partial charge >= 0.3 is 5.97 Å². The molecule has 0 fully saturated rings. The summed E-state index contributed by atoms with van der Waals surface area (Å²) in [4.78, 5) is 20.7. The fourth-order valence-electron chi connectivity index (χ4n) is 0.849. The first kappa shape index (κ1) is 8.26. The number of anilines is 1. The minimum absolute atomic E-state index is 0.0144. The highest BCUT2D eigenvalue weighted by molar-refractivity contribution is 5.95. The summed E-state index contributed by atoms with van der Waals surface area (Å²) in [5.74, 6) is -1.09. The van der Waals surface area contributed by atoms with E-state index in [0.717, 1.165) is 0 Å². The normalized spacial score (nSPS) is 9.33. The van der Waals surface area contributed by atoms with Gasteiger partial charge in [0.15, 0.2) is 0 Å². The van der Waals surface area contributed by atoms with Gasteiger partial charge in [0.1, 0.15) is 6.29 Å². The third-order valence-electron chi connectivity index (χ3n) is 1.44. The number of carbonyl (C=O) groups is 2. The van der Waals surface area contributed by atoms with Crippen molar-refractivity contribution in [3.8, 4) is 0 Å². The molecule has 0 bridgehead atoms. The monoisotopic (exact) mass is 165 g/mol. The first-order chi connectivity index (χ1) is 5.65. The highest BCUT2D eigenvalue weighted by Gasteiger charge is 2.06. The lowest BCUT2D eigenvalue weighted by Gasteiger charge is -1.99. The largest absolute Gasteiger partial charge is 0.478 e. The quantitative estimate of drug-likeness (QED) is 0.501. The summed E-state index contributed by atoms with van der Waals surface area (Å²) in [6.45, 7) is 0. The molecule has 0 aliphatic carbocycles. The van der Waals surface area contributed by atoms with Gasteiger partial charge in [0.05, 0.1) is 5.56 Å². The Bertz CT molecular complexity index is 333. The van der Waals surface area contributed by atoms with E-state index < -0.39 is 5.97 Å². The Morgan fingerprint density at radius 2 is 2.17 bits per heavy atom. The molecule has 1 rings (SSSR count). The highest BCUT2D eigenvalue weighted by Crippen LogP contribution is 2.12. The maximum absolute atomic E-state index is 10.5. The van der Waals surface area contributed by atoms with E-state index >= 15 is 0 Å². The van der Waals surface area contributed by atoms with Crippen LogP contribution in [-0.4, -0.2) is 17.4 Å². The zero-order valence-corrected chi connectivity index (χ0v) is 6.15. The lowest BCUT2D eigenvalue weighted by atomic mass is 10.1. The maximum atomic E-state index is 10.5. The molecule has 4 heteroatoms. The van der Waals surface area contributed by atoms with E-state index in [1.54, 1.807) is 0 Å². The molecular weight excluding hydrogens is 158 g/mol. The molecule has 3 N–H and O–H groups in total. The van der Waals surface area contributed by atoms with Gasteiger partial charge in [-0.05, 0) is 12.1 Å². The summed E-state index contributed by atoms with van der Waals surface area (Å²) in [6, 6.07) is 4.05. The molecule has 0 saturated carbocycles. The van der Waals surface area contributed by atoms with Gasteiger partial charge in [-0.25, -0.2) is 4.79 Å².